The zero-order valence-corrected chi connectivity index (χ0v) is 21.0. The van der Waals surface area contributed by atoms with Gasteiger partial charge in [0.05, 0.1) is 24.1 Å². The van der Waals surface area contributed by atoms with Crippen molar-refractivity contribution in [1.29, 1.82) is 0 Å². The van der Waals surface area contributed by atoms with Gasteiger partial charge in [-0.3, -0.25) is 5.43 Å². The number of carbonyl (C=O) groups excluding carboxylic acids is 1. The van der Waals surface area contributed by atoms with E-state index in [1.165, 1.54) is 11.3 Å². The Hall–Kier alpha value is -3.49. The number of benzene rings is 3. The fourth-order valence-corrected chi connectivity index (χ4v) is 4.06. The minimum absolute atomic E-state index is 0.359. The molecule has 0 spiro atoms. The maximum atomic E-state index is 12.5. The molecule has 8 heteroatoms. The highest BCUT2D eigenvalue weighted by atomic mass is 79.9. The van der Waals surface area contributed by atoms with Gasteiger partial charge in [-0.25, -0.2) is 9.78 Å². The summed E-state index contributed by atoms with van der Waals surface area (Å²) in [6.07, 6.45) is 1.66. The van der Waals surface area contributed by atoms with Gasteiger partial charge in [0.2, 0.25) is 5.13 Å². The largest absolute Gasteiger partial charge is 0.490 e. The van der Waals surface area contributed by atoms with Gasteiger partial charge in [-0.15, -0.1) is 11.3 Å². The van der Waals surface area contributed by atoms with Crippen molar-refractivity contribution in [3.63, 3.8) is 0 Å². The summed E-state index contributed by atoms with van der Waals surface area (Å²) in [5.74, 6) is 0.398. The number of ether oxygens (including phenoxy) is 2. The van der Waals surface area contributed by atoms with E-state index in [0.717, 1.165) is 26.9 Å². The molecule has 0 aliphatic heterocycles. The minimum atomic E-state index is -0.432. The van der Waals surface area contributed by atoms with Gasteiger partial charge < -0.3 is 9.47 Å². The van der Waals surface area contributed by atoms with Gasteiger partial charge in [0.15, 0.2) is 11.5 Å². The van der Waals surface area contributed by atoms with E-state index in [4.69, 9.17) is 9.47 Å². The first-order chi connectivity index (χ1) is 16.5. The number of halogens is 1. The summed E-state index contributed by atoms with van der Waals surface area (Å²) >= 11 is 4.91. The molecule has 0 radical (unpaired) electrons. The van der Waals surface area contributed by atoms with E-state index in [1.54, 1.807) is 30.5 Å². The number of hydrogen-bond donors (Lipinski definition) is 1. The molecule has 0 bridgehead atoms. The zero-order valence-electron chi connectivity index (χ0n) is 18.6. The predicted octanol–water partition coefficient (Wildman–Crippen LogP) is 6.94. The molecule has 34 heavy (non-hydrogen) atoms. The third-order valence-corrected chi connectivity index (χ3v) is 6.02. The van der Waals surface area contributed by atoms with Gasteiger partial charge in [0.25, 0.3) is 0 Å². The number of thiazole rings is 1. The predicted molar refractivity (Wildman–Crippen MR) is 140 cm³/mol. The Morgan fingerprint density at radius 2 is 1.94 bits per heavy atom. The lowest BCUT2D eigenvalue weighted by Crippen LogP contribution is -2.10. The SMILES string of the molecule is CCOc1cc(/C=N\Nc2nc(-c3ccc(Br)cc3)cs2)ccc1OC(=O)c1cccc(C)c1. The number of hydrogen-bond acceptors (Lipinski definition) is 7. The molecule has 3 aromatic carbocycles. The third-order valence-electron chi connectivity index (χ3n) is 4.74. The van der Waals surface area contributed by atoms with Gasteiger partial charge in [0.1, 0.15) is 0 Å². The number of nitrogens with one attached hydrogen (secondary N) is 1. The number of esters is 1. The first kappa shape index (κ1) is 23.7. The van der Waals surface area contributed by atoms with Crippen molar-refractivity contribution in [3.05, 3.63) is 93.3 Å². The van der Waals surface area contributed by atoms with E-state index in [2.05, 4.69) is 31.4 Å². The van der Waals surface area contributed by atoms with E-state index in [0.29, 0.717) is 28.8 Å². The van der Waals surface area contributed by atoms with Crippen LogP contribution in [0.5, 0.6) is 11.5 Å². The summed E-state index contributed by atoms with van der Waals surface area (Å²) in [6.45, 7) is 4.24. The summed E-state index contributed by atoms with van der Waals surface area (Å²) in [6, 6.07) is 20.5. The average Bonchev–Trinajstić information content (AvgIpc) is 3.30. The second-order valence-electron chi connectivity index (χ2n) is 7.31. The summed E-state index contributed by atoms with van der Waals surface area (Å²) < 4.78 is 12.3. The molecular formula is C26H22BrN3O3S. The van der Waals surface area contributed by atoms with Crippen molar-refractivity contribution in [1.82, 2.24) is 4.98 Å². The summed E-state index contributed by atoms with van der Waals surface area (Å²) in [7, 11) is 0. The van der Waals surface area contributed by atoms with Crippen LogP contribution >= 0.6 is 27.3 Å². The minimum Gasteiger partial charge on any atom is -0.490 e. The standard InChI is InChI=1S/C26H22BrN3O3S/c1-3-32-24-14-18(7-12-23(24)33-25(31)20-6-4-5-17(2)13-20)15-28-30-26-29-22(16-34-26)19-8-10-21(27)11-9-19/h4-16H,3H2,1-2H3,(H,29,30)/b28-15-. The lowest BCUT2D eigenvalue weighted by molar-refractivity contribution is 0.0728. The lowest BCUT2D eigenvalue weighted by Gasteiger charge is -2.11. The van der Waals surface area contributed by atoms with Gasteiger partial charge in [-0.1, -0.05) is 45.8 Å². The van der Waals surface area contributed by atoms with Crippen LogP contribution in [-0.2, 0) is 0 Å². The molecule has 0 amide bonds. The summed E-state index contributed by atoms with van der Waals surface area (Å²) in [5.41, 5.74) is 7.15. The van der Waals surface area contributed by atoms with E-state index >= 15 is 0 Å². The molecule has 4 aromatic rings. The Balaban J connectivity index is 1.43. The number of aromatic nitrogens is 1. The molecular weight excluding hydrogens is 514 g/mol. The first-order valence-corrected chi connectivity index (χ1v) is 12.3. The maximum absolute atomic E-state index is 12.5. The number of carbonyl (C=O) groups is 1. The topological polar surface area (TPSA) is 72.8 Å². The van der Waals surface area contributed by atoms with Crippen LogP contribution in [0.2, 0.25) is 0 Å². The molecule has 6 nitrogen and oxygen atoms in total. The van der Waals surface area contributed by atoms with E-state index in [9.17, 15) is 4.79 Å². The molecule has 0 saturated carbocycles. The molecule has 0 saturated heterocycles. The van der Waals surface area contributed by atoms with Crippen molar-refractivity contribution in [2.24, 2.45) is 5.10 Å². The second kappa shape index (κ2) is 11.1. The Kier molecular flexibility index (Phi) is 7.72. The van der Waals surface area contributed by atoms with Gasteiger partial charge in [-0.05, 0) is 61.9 Å². The van der Waals surface area contributed by atoms with Gasteiger partial charge in [-0.2, -0.15) is 5.10 Å². The Bertz CT molecular complexity index is 1320. The first-order valence-electron chi connectivity index (χ1n) is 10.6. The molecule has 1 N–H and O–H groups in total. The molecule has 0 fully saturated rings. The van der Waals surface area contributed by atoms with Crippen LogP contribution in [0, 0.1) is 6.92 Å². The monoisotopic (exact) mass is 535 g/mol. The second-order valence-corrected chi connectivity index (χ2v) is 9.09. The quantitative estimate of drug-likeness (QED) is 0.114. The van der Waals surface area contributed by atoms with Crippen molar-refractivity contribution < 1.29 is 14.3 Å². The molecule has 1 aromatic heterocycles. The third kappa shape index (κ3) is 6.09. The van der Waals surface area contributed by atoms with E-state index in [-0.39, 0.29) is 0 Å². The molecule has 0 atom stereocenters. The number of rotatable bonds is 8. The Labute approximate surface area is 210 Å². The average molecular weight is 536 g/mol. The zero-order chi connectivity index (χ0) is 23.9. The van der Waals surface area contributed by atoms with Crippen molar-refractivity contribution in [2.75, 3.05) is 12.0 Å². The number of hydrazone groups is 1. The fraction of sp³-hybridized carbons (Fsp3) is 0.115. The van der Waals surface area contributed by atoms with Gasteiger partial charge in [0, 0.05) is 15.4 Å². The number of nitrogens with zero attached hydrogens (tertiary/aromatic N) is 2. The van der Waals surface area contributed by atoms with Crippen LogP contribution in [0.15, 0.2) is 81.7 Å². The number of aryl methyl sites for hydroxylation is 1. The van der Waals surface area contributed by atoms with Crippen LogP contribution in [0.4, 0.5) is 5.13 Å². The molecule has 172 valence electrons. The summed E-state index contributed by atoms with van der Waals surface area (Å²) in [5, 5.41) is 6.95. The van der Waals surface area contributed by atoms with Gasteiger partial charge >= 0.3 is 5.97 Å². The van der Waals surface area contributed by atoms with Crippen LogP contribution in [-0.4, -0.2) is 23.8 Å². The van der Waals surface area contributed by atoms with Crippen LogP contribution in [0.1, 0.15) is 28.4 Å². The molecule has 4 rings (SSSR count). The molecule has 0 aliphatic rings. The maximum Gasteiger partial charge on any atom is 0.343 e. The highest BCUT2D eigenvalue weighted by molar-refractivity contribution is 9.10. The Morgan fingerprint density at radius 3 is 2.71 bits per heavy atom. The molecule has 0 unspecified atom stereocenters. The Morgan fingerprint density at radius 1 is 1.12 bits per heavy atom. The lowest BCUT2D eigenvalue weighted by atomic mass is 10.1. The number of anilines is 1. The van der Waals surface area contributed by atoms with E-state index in [1.807, 2.05) is 61.7 Å². The van der Waals surface area contributed by atoms with Crippen LogP contribution < -0.4 is 14.9 Å². The van der Waals surface area contributed by atoms with Crippen LogP contribution in [0.3, 0.4) is 0 Å². The smallest absolute Gasteiger partial charge is 0.343 e. The normalized spacial score (nSPS) is 10.9. The van der Waals surface area contributed by atoms with Crippen molar-refractivity contribution >= 4 is 44.6 Å². The highest BCUT2D eigenvalue weighted by Crippen LogP contribution is 2.29. The van der Waals surface area contributed by atoms with Crippen molar-refractivity contribution in [3.8, 4) is 22.8 Å². The van der Waals surface area contributed by atoms with Crippen molar-refractivity contribution in [2.45, 2.75) is 13.8 Å². The highest BCUT2D eigenvalue weighted by Gasteiger charge is 2.13. The molecule has 1 heterocycles. The van der Waals surface area contributed by atoms with E-state index < -0.39 is 5.97 Å². The van der Waals surface area contributed by atoms with Crippen LogP contribution in [0.25, 0.3) is 11.3 Å². The fourth-order valence-electron chi connectivity index (χ4n) is 3.13. The summed E-state index contributed by atoms with van der Waals surface area (Å²) in [4.78, 5) is 17.1. The molecule has 0 aliphatic carbocycles.